The quantitative estimate of drug-likeness (QED) is 0.0167. The van der Waals surface area contributed by atoms with Crippen LogP contribution in [0.3, 0.4) is 0 Å². The average molecular weight is 1150 g/mol. The van der Waals surface area contributed by atoms with Crippen LogP contribution in [0.15, 0.2) is 22.5 Å². The number of nitrogens with two attached hydrogens (primary N) is 5. The number of carbonyl (C=O) groups excluding carboxylic acids is 10. The van der Waals surface area contributed by atoms with Crippen LogP contribution in [-0.2, 0) is 59.2 Å². The molecule has 0 aliphatic carbocycles. The number of unbranched alkanes of at least 4 members (excludes halogenated alkanes) is 2. The van der Waals surface area contributed by atoms with Gasteiger partial charge in [-0.1, -0.05) is 27.7 Å². The fraction of sp³-hybridized carbons (Fsp3) is 0.680. The monoisotopic (exact) mass is 1150 g/mol. The van der Waals surface area contributed by atoms with Crippen molar-refractivity contribution in [2.24, 2.45) is 50.5 Å². The van der Waals surface area contributed by atoms with Crippen LogP contribution in [0, 0.1) is 11.8 Å². The van der Waals surface area contributed by atoms with Crippen molar-refractivity contribution in [3.63, 3.8) is 0 Å². The van der Waals surface area contributed by atoms with Crippen LogP contribution in [0.1, 0.15) is 125 Å². The summed E-state index contributed by atoms with van der Waals surface area (Å²) >= 11 is 0. The number of carboxylic acids is 1. The molecule has 31 heteroatoms. The lowest BCUT2D eigenvalue weighted by Gasteiger charge is -2.29. The van der Waals surface area contributed by atoms with E-state index in [1.165, 1.54) is 33.3 Å². The molecule has 0 saturated carbocycles. The first-order valence-electron chi connectivity index (χ1n) is 27.1. The van der Waals surface area contributed by atoms with Crippen molar-refractivity contribution in [2.45, 2.75) is 174 Å². The number of H-pyrrole nitrogens is 1. The second-order valence-electron chi connectivity index (χ2n) is 20.2. The molecule has 1 aromatic heterocycles. The fourth-order valence-electron chi connectivity index (χ4n) is 7.88. The van der Waals surface area contributed by atoms with Gasteiger partial charge >= 0.3 is 5.97 Å². The van der Waals surface area contributed by atoms with Crippen LogP contribution < -0.4 is 81.8 Å². The highest BCUT2D eigenvalue weighted by atomic mass is 16.4. The van der Waals surface area contributed by atoms with Crippen molar-refractivity contribution in [1.82, 2.24) is 63.1 Å². The number of hydrogen-bond acceptors (Lipinski definition) is 15. The van der Waals surface area contributed by atoms with Crippen LogP contribution in [0.25, 0.3) is 0 Å². The lowest BCUT2D eigenvalue weighted by molar-refractivity contribution is -0.143. The molecule has 0 bridgehead atoms. The molecule has 1 rings (SSSR count). The molecule has 0 aliphatic heterocycles. The summed E-state index contributed by atoms with van der Waals surface area (Å²) in [5.74, 6) is -9.42. The number of rotatable bonds is 40. The first-order chi connectivity index (χ1) is 38.1. The smallest absolute Gasteiger partial charge is 0.326 e. The highest BCUT2D eigenvalue weighted by Crippen LogP contribution is 2.12. The van der Waals surface area contributed by atoms with Gasteiger partial charge in [0.15, 0.2) is 11.9 Å². The van der Waals surface area contributed by atoms with Crippen molar-refractivity contribution < 1.29 is 57.8 Å². The number of aliphatic imine (C=N–C) groups is 2. The summed E-state index contributed by atoms with van der Waals surface area (Å²) < 4.78 is 0. The first kappa shape index (κ1) is 70.9. The van der Waals surface area contributed by atoms with Gasteiger partial charge in [-0.25, -0.2) is 9.78 Å². The zero-order valence-corrected chi connectivity index (χ0v) is 47.6. The van der Waals surface area contributed by atoms with E-state index in [2.05, 4.69) is 73.1 Å². The molecule has 0 unspecified atom stereocenters. The lowest BCUT2D eigenvalue weighted by Crippen LogP contribution is -2.61. The van der Waals surface area contributed by atoms with E-state index in [1.807, 2.05) is 0 Å². The van der Waals surface area contributed by atoms with Crippen LogP contribution >= 0.6 is 0 Å². The van der Waals surface area contributed by atoms with E-state index in [0.29, 0.717) is 25.0 Å². The Labute approximate surface area is 472 Å². The predicted octanol–water partition coefficient (Wildman–Crippen LogP) is -4.68. The summed E-state index contributed by atoms with van der Waals surface area (Å²) in [4.78, 5) is 161. The molecule has 0 radical (unpaired) electrons. The van der Waals surface area contributed by atoms with Crippen molar-refractivity contribution in [1.29, 1.82) is 0 Å². The summed E-state index contributed by atoms with van der Waals surface area (Å²) in [6, 6.07) is -10.6. The lowest BCUT2D eigenvalue weighted by atomic mass is 9.99. The van der Waals surface area contributed by atoms with Gasteiger partial charge in [0, 0.05) is 58.3 Å². The largest absolute Gasteiger partial charge is 0.480 e. The Morgan fingerprint density at radius 1 is 0.543 bits per heavy atom. The number of nitrogens with one attached hydrogen (secondary N) is 11. The molecule has 456 valence electrons. The van der Waals surface area contributed by atoms with E-state index in [9.17, 15) is 57.8 Å². The number of carboxylic acid groups (broad SMARTS) is 1. The maximum atomic E-state index is 14.6. The van der Waals surface area contributed by atoms with Gasteiger partial charge in [-0.05, 0) is 89.4 Å². The minimum absolute atomic E-state index is 0.00190. The summed E-state index contributed by atoms with van der Waals surface area (Å²) in [6.07, 6.45) is 3.92. The molecule has 81 heavy (non-hydrogen) atoms. The molecule has 0 fully saturated rings. The predicted molar refractivity (Wildman–Crippen MR) is 299 cm³/mol. The van der Waals surface area contributed by atoms with Gasteiger partial charge in [-0.3, -0.25) is 57.9 Å². The second kappa shape index (κ2) is 38.5. The minimum atomic E-state index is -1.50. The second-order valence-corrected chi connectivity index (χ2v) is 20.2. The van der Waals surface area contributed by atoms with Crippen LogP contribution in [0.2, 0.25) is 0 Å². The van der Waals surface area contributed by atoms with E-state index in [0.717, 1.165) is 0 Å². The molecule has 8 atom stereocenters. The molecule has 22 N–H and O–H groups in total. The Hall–Kier alpha value is -8.12. The third-order valence-electron chi connectivity index (χ3n) is 12.1. The normalized spacial score (nSPS) is 13.9. The van der Waals surface area contributed by atoms with E-state index >= 15 is 0 Å². The third kappa shape index (κ3) is 30.7. The van der Waals surface area contributed by atoms with Crippen LogP contribution in [0.5, 0.6) is 0 Å². The minimum Gasteiger partial charge on any atom is -0.480 e. The number of imidazole rings is 1. The molecule has 0 saturated heterocycles. The number of aromatic amines is 1. The highest BCUT2D eigenvalue weighted by Gasteiger charge is 2.35. The number of amides is 10. The maximum Gasteiger partial charge on any atom is 0.326 e. The first-order valence-corrected chi connectivity index (χ1v) is 27.1. The Balaban J connectivity index is 3.76. The van der Waals surface area contributed by atoms with Crippen molar-refractivity contribution in [3.8, 4) is 0 Å². The van der Waals surface area contributed by atoms with Gasteiger partial charge in [-0.2, -0.15) is 0 Å². The average Bonchev–Trinajstić information content (AvgIpc) is 3.90. The van der Waals surface area contributed by atoms with E-state index < -0.39 is 114 Å². The van der Waals surface area contributed by atoms with Gasteiger partial charge in [-0.15, -0.1) is 0 Å². The third-order valence-corrected chi connectivity index (χ3v) is 12.1. The number of aliphatic carboxylic acids is 1. The molecule has 1 aromatic rings. The zero-order valence-electron chi connectivity index (χ0n) is 47.6. The molecule has 0 spiro atoms. The number of aromatic nitrogens is 2. The summed E-state index contributed by atoms with van der Waals surface area (Å²) in [7, 11) is 0. The van der Waals surface area contributed by atoms with Crippen molar-refractivity contribution in [2.75, 3.05) is 32.7 Å². The maximum absolute atomic E-state index is 14.6. The molecule has 10 amide bonds. The van der Waals surface area contributed by atoms with Gasteiger partial charge in [0.25, 0.3) is 0 Å². The topological polar surface area (TPSA) is 512 Å². The van der Waals surface area contributed by atoms with Crippen LogP contribution in [0.4, 0.5) is 0 Å². The Morgan fingerprint density at radius 3 is 1.33 bits per heavy atom. The fourth-order valence-corrected chi connectivity index (χ4v) is 7.88. The SMILES string of the molecule is CC(=O)NCCCC[C@H](NC(=O)[C@H](C)NC(=O)CN)C(=O)N[C@@H](CCCN=C(N)N)C(=O)N[C@@H](Cc1cnc[nH]1)C(=O)N[C@@H](CCCN=C(N)N)C(=O)N[C@@H](CCCCNC(C)=O)C(=O)N[C@H](C(=O)N[C@@H](CC(C)C)C(=O)O)C(C)C. The summed E-state index contributed by atoms with van der Waals surface area (Å²) in [5.41, 5.74) is 28.0. The Bertz CT molecular complexity index is 2270. The molecular formula is C50H89N19O12. The van der Waals surface area contributed by atoms with E-state index in [-0.39, 0.29) is 114 Å². The Kier molecular flexibility index (Phi) is 33.7. The molecular weight excluding hydrogens is 1060 g/mol. The number of carbonyl (C=O) groups is 11. The summed E-state index contributed by atoms with van der Waals surface area (Å²) in [5, 5.41) is 36.0. The van der Waals surface area contributed by atoms with E-state index in [1.54, 1.807) is 27.7 Å². The Morgan fingerprint density at radius 2 is 0.951 bits per heavy atom. The number of guanidine groups is 2. The van der Waals surface area contributed by atoms with Crippen molar-refractivity contribution in [3.05, 3.63) is 18.2 Å². The van der Waals surface area contributed by atoms with Gasteiger partial charge in [0.2, 0.25) is 59.1 Å². The molecule has 0 aromatic carbocycles. The molecule has 0 aliphatic rings. The van der Waals surface area contributed by atoms with Gasteiger partial charge in [0.1, 0.15) is 48.3 Å². The summed E-state index contributed by atoms with van der Waals surface area (Å²) in [6.45, 7) is 11.0. The molecule has 1 heterocycles. The van der Waals surface area contributed by atoms with Crippen LogP contribution in [-0.4, -0.2) is 173 Å². The molecule has 31 nitrogen and oxygen atoms in total. The van der Waals surface area contributed by atoms with Gasteiger partial charge in [0.05, 0.1) is 12.9 Å². The zero-order chi connectivity index (χ0) is 61.2. The number of nitrogens with zero attached hydrogens (tertiary/aromatic N) is 3. The van der Waals surface area contributed by atoms with Crippen molar-refractivity contribution >= 4 is 77.0 Å². The number of hydrogen-bond donors (Lipinski definition) is 17. The standard InChI is InChI=1S/C50H89N19O12/c1-27(2)22-38(48(80)81)68-47(79)40(28(3)4)69-45(77)34(15-9-11-19-58-31(7)71)64-43(75)35(16-12-20-59-49(52)53)66-46(78)37(23-32-25-56-26-61-32)67-44(76)36(17-13-21-60-50(54)55)65-42(74)33(14-8-10-18-57-30(6)70)63-41(73)29(5)62-39(72)24-51/h25-29,33-38,40H,8-24,51H2,1-7H3,(H,56,61)(H,57,70)(H,58,71)(H,62,72)(H,63,73)(H,64,75)(H,65,74)(H,66,78)(H,67,76)(H,68,79)(H,69,77)(H,80,81)(H4,52,53,59)(H4,54,55,60)/t29-,33-,34-,35-,36-,37-,38-,40-/m0/s1. The van der Waals surface area contributed by atoms with Gasteiger partial charge < -0.3 is 91.9 Å². The highest BCUT2D eigenvalue weighted by molar-refractivity contribution is 5.98. The van der Waals surface area contributed by atoms with E-state index in [4.69, 9.17) is 28.7 Å².